The molecule has 0 spiro atoms. The first-order valence-corrected chi connectivity index (χ1v) is 11.4. The number of hydrogen-bond donors (Lipinski definition) is 2. The lowest BCUT2D eigenvalue weighted by Gasteiger charge is -2.42. The van der Waals surface area contributed by atoms with Gasteiger partial charge in [0.05, 0.1) is 22.9 Å². The van der Waals surface area contributed by atoms with E-state index in [4.69, 9.17) is 4.74 Å². The van der Waals surface area contributed by atoms with Gasteiger partial charge in [0.1, 0.15) is 12.4 Å². The van der Waals surface area contributed by atoms with Gasteiger partial charge in [-0.2, -0.15) is 5.06 Å². The molecule has 1 aliphatic heterocycles. The van der Waals surface area contributed by atoms with E-state index in [9.17, 15) is 29.5 Å². The molecule has 1 heterocycles. The average Bonchev–Trinajstić information content (AvgIpc) is 3.04. The summed E-state index contributed by atoms with van der Waals surface area (Å²) in [5, 5.41) is 19.4. The number of carbonyl (C=O) groups excluding carboxylic acids is 4. The van der Waals surface area contributed by atoms with Gasteiger partial charge in [-0.15, -0.1) is 0 Å². The van der Waals surface area contributed by atoms with Gasteiger partial charge in [-0.3, -0.25) is 24.4 Å². The van der Waals surface area contributed by atoms with Crippen LogP contribution in [0, 0.1) is 17.8 Å². The molecule has 2 N–H and O–H groups in total. The third kappa shape index (κ3) is 3.25. The van der Waals surface area contributed by atoms with Gasteiger partial charge in [0, 0.05) is 28.7 Å². The molecule has 170 valence electrons. The number of amides is 2. The zero-order valence-corrected chi connectivity index (χ0v) is 18.9. The van der Waals surface area contributed by atoms with Crippen molar-refractivity contribution < 1.29 is 34.2 Å². The van der Waals surface area contributed by atoms with Crippen LogP contribution in [0.25, 0.3) is 0 Å². The number of rotatable bonds is 4. The van der Waals surface area contributed by atoms with Crippen molar-refractivity contribution in [3.05, 3.63) is 63.2 Å². The lowest BCUT2D eigenvalue weighted by molar-refractivity contribution is -0.173. The Morgan fingerprint density at radius 2 is 1.85 bits per heavy atom. The van der Waals surface area contributed by atoms with Crippen molar-refractivity contribution in [2.24, 2.45) is 17.8 Å². The average molecular weight is 514 g/mol. The van der Waals surface area contributed by atoms with Crippen molar-refractivity contribution in [1.82, 2.24) is 5.06 Å². The fourth-order valence-electron chi connectivity index (χ4n) is 5.55. The first-order valence-electron chi connectivity index (χ1n) is 10.6. The number of nitrogens with zero attached hydrogens (tertiary/aromatic N) is 1. The molecule has 3 aliphatic carbocycles. The molecule has 1 aromatic rings. The zero-order valence-electron chi connectivity index (χ0n) is 17.4. The first-order chi connectivity index (χ1) is 15.8. The summed E-state index contributed by atoms with van der Waals surface area (Å²) in [6, 6.07) is 7.08. The molecule has 1 aromatic carbocycles. The van der Waals surface area contributed by atoms with E-state index in [0.29, 0.717) is 22.5 Å². The highest BCUT2D eigenvalue weighted by Gasteiger charge is 2.56. The molecule has 0 saturated carbocycles. The van der Waals surface area contributed by atoms with Crippen LogP contribution in [0.1, 0.15) is 24.3 Å². The van der Waals surface area contributed by atoms with Crippen molar-refractivity contribution in [2.45, 2.75) is 18.8 Å². The molecule has 2 amide bonds. The summed E-state index contributed by atoms with van der Waals surface area (Å²) < 4.78 is 5.88. The number of allylic oxidation sites excluding steroid dienone is 6. The monoisotopic (exact) mass is 513 g/mol. The zero-order chi connectivity index (χ0) is 23.4. The molecule has 5 rings (SSSR count). The smallest absolute Gasteiger partial charge is 0.257 e. The van der Waals surface area contributed by atoms with Crippen LogP contribution in [0.5, 0.6) is 5.75 Å². The second-order valence-electron chi connectivity index (χ2n) is 8.49. The number of imide groups is 1. The largest absolute Gasteiger partial charge is 0.491 e. The number of para-hydroxylation sites is 1. The summed E-state index contributed by atoms with van der Waals surface area (Å²) in [5.41, 5.74) is 2.04. The maximum atomic E-state index is 13.2. The van der Waals surface area contributed by atoms with Crippen molar-refractivity contribution in [3.8, 4) is 5.75 Å². The number of fused-ring (bicyclic) bond motifs is 3. The standard InChI is InChI=1S/C24H20BrNO7/c25-16-10-17(28)21-15(22(16)29)9-14-11(5-6-13-20(14)24(31)26(32)23(13)30)19(21)12-3-1-2-4-18(12)33-8-7-27/h1-5,10,13-14,19-20,27,32H,6-9H2/t13-,14+,19+,20-/m0/s1. The molecule has 4 aliphatic rings. The highest BCUT2D eigenvalue weighted by Crippen LogP contribution is 2.56. The lowest BCUT2D eigenvalue weighted by atomic mass is 9.59. The van der Waals surface area contributed by atoms with Gasteiger partial charge in [0.15, 0.2) is 11.6 Å². The number of ether oxygens (including phenoxy) is 1. The predicted molar refractivity (Wildman–Crippen MR) is 117 cm³/mol. The molecule has 0 unspecified atom stereocenters. The Labute approximate surface area is 197 Å². The predicted octanol–water partition coefficient (Wildman–Crippen LogP) is 2.21. The Kier molecular flexibility index (Phi) is 5.43. The van der Waals surface area contributed by atoms with Crippen LogP contribution in [0.3, 0.4) is 0 Å². The quantitative estimate of drug-likeness (QED) is 0.274. The highest BCUT2D eigenvalue weighted by atomic mass is 79.9. The Hall–Kier alpha value is -2.88. The van der Waals surface area contributed by atoms with Crippen molar-refractivity contribution in [1.29, 1.82) is 0 Å². The number of benzene rings is 1. The van der Waals surface area contributed by atoms with E-state index in [1.807, 2.05) is 6.08 Å². The van der Waals surface area contributed by atoms with Gasteiger partial charge in [0.2, 0.25) is 0 Å². The Morgan fingerprint density at radius 1 is 1.09 bits per heavy atom. The molecular formula is C24H20BrNO7. The normalized spacial score (nSPS) is 28.9. The summed E-state index contributed by atoms with van der Waals surface area (Å²) in [7, 11) is 0. The minimum atomic E-state index is -0.808. The van der Waals surface area contributed by atoms with E-state index in [-0.39, 0.29) is 47.2 Å². The topological polar surface area (TPSA) is 121 Å². The van der Waals surface area contributed by atoms with Crippen LogP contribution in [0.2, 0.25) is 0 Å². The molecule has 0 bridgehead atoms. The van der Waals surface area contributed by atoms with E-state index in [1.165, 1.54) is 6.08 Å². The Balaban J connectivity index is 1.71. The summed E-state index contributed by atoms with van der Waals surface area (Å²) >= 11 is 3.18. The van der Waals surface area contributed by atoms with Gasteiger partial charge >= 0.3 is 0 Å². The van der Waals surface area contributed by atoms with E-state index in [2.05, 4.69) is 15.9 Å². The third-order valence-corrected chi connectivity index (χ3v) is 7.48. The number of ketones is 2. The Morgan fingerprint density at radius 3 is 2.61 bits per heavy atom. The highest BCUT2D eigenvalue weighted by molar-refractivity contribution is 9.12. The number of aliphatic hydroxyl groups excluding tert-OH is 1. The number of hydroxylamine groups is 2. The summed E-state index contributed by atoms with van der Waals surface area (Å²) in [5.74, 6) is -4.20. The van der Waals surface area contributed by atoms with Crippen LogP contribution in [-0.2, 0) is 19.2 Å². The number of aliphatic hydroxyl groups is 1. The van der Waals surface area contributed by atoms with Crippen LogP contribution < -0.4 is 4.74 Å². The number of halogens is 1. The number of Topliss-reactive ketones (excluding diaryl/α,β-unsaturated/α-hetero) is 1. The minimum Gasteiger partial charge on any atom is -0.491 e. The number of carbonyl (C=O) groups is 4. The summed E-state index contributed by atoms with van der Waals surface area (Å²) in [4.78, 5) is 51.5. The molecule has 33 heavy (non-hydrogen) atoms. The molecule has 0 radical (unpaired) electrons. The van der Waals surface area contributed by atoms with Crippen LogP contribution in [0.4, 0.5) is 0 Å². The second-order valence-corrected chi connectivity index (χ2v) is 9.35. The van der Waals surface area contributed by atoms with Crippen molar-refractivity contribution in [2.75, 3.05) is 13.2 Å². The van der Waals surface area contributed by atoms with Crippen LogP contribution in [0.15, 0.2) is 57.6 Å². The second kappa shape index (κ2) is 8.16. The number of hydrogen-bond acceptors (Lipinski definition) is 7. The SMILES string of the molecule is O=C1C=C(Br)C(=O)C2=C1[C@@H](c1ccccc1OCCO)C1=CC[C@@H]3C(=O)N(O)C(=O)[C@@H]3[C@@H]1C2. The summed E-state index contributed by atoms with van der Waals surface area (Å²) in [6.45, 7) is -0.147. The maximum Gasteiger partial charge on any atom is 0.257 e. The fourth-order valence-corrected chi connectivity index (χ4v) is 6.00. The summed E-state index contributed by atoms with van der Waals surface area (Å²) in [6.07, 6.45) is 3.49. The molecule has 1 saturated heterocycles. The van der Waals surface area contributed by atoms with Crippen LogP contribution in [-0.4, -0.2) is 52.0 Å². The van der Waals surface area contributed by atoms with Gasteiger partial charge in [-0.05, 0) is 40.8 Å². The molecule has 9 heteroatoms. The molecule has 8 nitrogen and oxygen atoms in total. The van der Waals surface area contributed by atoms with Gasteiger partial charge < -0.3 is 9.84 Å². The third-order valence-electron chi connectivity index (χ3n) is 6.89. The lowest BCUT2D eigenvalue weighted by Crippen LogP contribution is -2.39. The maximum absolute atomic E-state index is 13.2. The fraction of sp³-hybridized carbons (Fsp3) is 0.333. The van der Waals surface area contributed by atoms with Gasteiger partial charge in [-0.25, -0.2) is 0 Å². The Bertz CT molecular complexity index is 1200. The van der Waals surface area contributed by atoms with Crippen molar-refractivity contribution in [3.63, 3.8) is 0 Å². The van der Waals surface area contributed by atoms with E-state index >= 15 is 0 Å². The van der Waals surface area contributed by atoms with E-state index < -0.39 is 35.5 Å². The van der Waals surface area contributed by atoms with Crippen LogP contribution >= 0.6 is 15.9 Å². The van der Waals surface area contributed by atoms with Gasteiger partial charge in [-0.1, -0.05) is 29.8 Å². The minimum absolute atomic E-state index is 0.0492. The van der Waals surface area contributed by atoms with Gasteiger partial charge in [0.25, 0.3) is 11.8 Å². The molecule has 4 atom stereocenters. The van der Waals surface area contributed by atoms with E-state index in [1.54, 1.807) is 24.3 Å². The first kappa shape index (κ1) is 21.9. The molecular weight excluding hydrogens is 494 g/mol. The van der Waals surface area contributed by atoms with Crippen molar-refractivity contribution >= 4 is 39.3 Å². The van der Waals surface area contributed by atoms with E-state index in [0.717, 1.165) is 5.57 Å². The molecule has 0 aromatic heterocycles. The molecule has 1 fully saturated rings.